The number of benzene rings is 2. The summed E-state index contributed by atoms with van der Waals surface area (Å²) in [5, 5.41) is 0. The van der Waals surface area contributed by atoms with Crippen LogP contribution in [0.25, 0.3) is 0 Å². The van der Waals surface area contributed by atoms with E-state index >= 15 is 0 Å². The van der Waals surface area contributed by atoms with E-state index in [0.717, 1.165) is 24.2 Å². The number of amides is 3. The quantitative estimate of drug-likeness (QED) is 0.375. The minimum atomic E-state index is -0.937. The Morgan fingerprint density at radius 2 is 1.54 bits per heavy atom. The molecule has 1 aliphatic heterocycles. The zero-order valence-electron chi connectivity index (χ0n) is 22.1. The van der Waals surface area contributed by atoms with Gasteiger partial charge in [0.05, 0.1) is 29.7 Å². The lowest BCUT2D eigenvalue weighted by molar-refractivity contribution is -0.162. The van der Waals surface area contributed by atoms with E-state index in [1.807, 2.05) is 0 Å². The molecule has 2 aromatic rings. The van der Waals surface area contributed by atoms with Gasteiger partial charge in [0.25, 0.3) is 5.91 Å². The molecule has 0 spiro atoms. The SMILES string of the molecule is CCOC(=O)c1ccc(N2C(=O)CC(N(Cc3ccc(F)cc3)C(=O)C34CC5CC(CC(C5)C3)C4)C2=O)cc1. The first-order chi connectivity index (χ1) is 18.8. The highest BCUT2D eigenvalue weighted by Gasteiger charge is 2.57. The molecule has 5 fully saturated rings. The molecule has 0 N–H and O–H groups in total. The third-order valence-electron chi connectivity index (χ3n) is 9.15. The van der Waals surface area contributed by atoms with Crippen LogP contribution < -0.4 is 4.90 Å². The number of halogens is 1. The Balaban J connectivity index is 1.30. The number of ether oxygens (including phenoxy) is 1. The first-order valence-corrected chi connectivity index (χ1v) is 14.0. The lowest BCUT2D eigenvalue weighted by Crippen LogP contribution is -2.57. The molecule has 5 aliphatic rings. The van der Waals surface area contributed by atoms with Crippen LogP contribution in [-0.2, 0) is 25.7 Å². The molecule has 2 aromatic carbocycles. The Labute approximate surface area is 227 Å². The van der Waals surface area contributed by atoms with Gasteiger partial charge in [0.1, 0.15) is 11.9 Å². The highest BCUT2D eigenvalue weighted by atomic mass is 19.1. The van der Waals surface area contributed by atoms with E-state index < -0.39 is 29.2 Å². The van der Waals surface area contributed by atoms with Gasteiger partial charge in [-0.15, -0.1) is 0 Å². The first kappa shape index (κ1) is 25.7. The fourth-order valence-electron chi connectivity index (χ4n) is 7.88. The largest absolute Gasteiger partial charge is 0.462 e. The Bertz CT molecular complexity index is 1270. The molecule has 4 saturated carbocycles. The van der Waals surface area contributed by atoms with Crippen molar-refractivity contribution in [3.63, 3.8) is 0 Å². The van der Waals surface area contributed by atoms with E-state index in [-0.39, 0.29) is 31.3 Å². The van der Waals surface area contributed by atoms with Gasteiger partial charge >= 0.3 is 5.97 Å². The summed E-state index contributed by atoms with van der Waals surface area (Å²) in [5.74, 6) is -0.110. The second-order valence-electron chi connectivity index (χ2n) is 11.8. The average molecular weight is 533 g/mol. The number of hydrogen-bond acceptors (Lipinski definition) is 5. The van der Waals surface area contributed by atoms with Crippen LogP contribution in [0.1, 0.15) is 67.8 Å². The lowest BCUT2D eigenvalue weighted by atomic mass is 9.49. The summed E-state index contributed by atoms with van der Waals surface area (Å²) >= 11 is 0. The molecule has 204 valence electrons. The van der Waals surface area contributed by atoms with Gasteiger partial charge in [-0.25, -0.2) is 14.1 Å². The van der Waals surface area contributed by atoms with Gasteiger partial charge in [-0.3, -0.25) is 14.4 Å². The fraction of sp³-hybridized carbons (Fsp3) is 0.484. The van der Waals surface area contributed by atoms with Gasteiger partial charge in [-0.05, 0) is 105 Å². The molecule has 3 amide bonds. The summed E-state index contributed by atoms with van der Waals surface area (Å²) in [6.07, 6.45) is 5.95. The number of carbonyl (C=O) groups excluding carboxylic acids is 4. The molecule has 39 heavy (non-hydrogen) atoms. The smallest absolute Gasteiger partial charge is 0.338 e. The number of anilines is 1. The van der Waals surface area contributed by atoms with Gasteiger partial charge in [-0.2, -0.15) is 0 Å². The van der Waals surface area contributed by atoms with E-state index in [4.69, 9.17) is 4.74 Å². The highest BCUT2D eigenvalue weighted by molar-refractivity contribution is 6.23. The minimum absolute atomic E-state index is 0.0448. The van der Waals surface area contributed by atoms with Crippen LogP contribution in [0, 0.1) is 29.0 Å². The number of hydrogen-bond donors (Lipinski definition) is 0. The van der Waals surface area contributed by atoms with Crippen molar-refractivity contribution in [2.24, 2.45) is 23.2 Å². The molecule has 4 bridgehead atoms. The van der Waals surface area contributed by atoms with Crippen LogP contribution in [0.2, 0.25) is 0 Å². The van der Waals surface area contributed by atoms with Crippen molar-refractivity contribution in [3.8, 4) is 0 Å². The van der Waals surface area contributed by atoms with E-state index in [9.17, 15) is 23.6 Å². The van der Waals surface area contributed by atoms with Crippen LogP contribution in [0.5, 0.6) is 0 Å². The van der Waals surface area contributed by atoms with Gasteiger partial charge in [-0.1, -0.05) is 12.1 Å². The molecule has 8 heteroatoms. The third-order valence-corrected chi connectivity index (χ3v) is 9.15. The van der Waals surface area contributed by atoms with Gasteiger partial charge < -0.3 is 9.64 Å². The maximum Gasteiger partial charge on any atom is 0.338 e. The summed E-state index contributed by atoms with van der Waals surface area (Å²) in [6.45, 7) is 2.10. The van der Waals surface area contributed by atoms with Crippen molar-refractivity contribution in [2.75, 3.05) is 11.5 Å². The predicted octanol–water partition coefficient (Wildman–Crippen LogP) is 4.88. The Morgan fingerprint density at radius 3 is 2.10 bits per heavy atom. The average Bonchev–Trinajstić information content (AvgIpc) is 3.20. The molecule has 0 radical (unpaired) electrons. The van der Waals surface area contributed by atoms with Crippen LogP contribution in [0.4, 0.5) is 10.1 Å². The molecule has 7 nitrogen and oxygen atoms in total. The number of imide groups is 1. The summed E-state index contributed by atoms with van der Waals surface area (Å²) in [4.78, 5) is 56.2. The number of carbonyl (C=O) groups is 4. The molecule has 1 atom stereocenters. The second-order valence-corrected chi connectivity index (χ2v) is 11.8. The van der Waals surface area contributed by atoms with E-state index in [1.165, 1.54) is 43.5 Å². The van der Waals surface area contributed by atoms with Crippen molar-refractivity contribution in [3.05, 3.63) is 65.5 Å². The number of nitrogens with zero attached hydrogens (tertiary/aromatic N) is 2. The standard InChI is InChI=1S/C31H33FN2O5/c1-2-39-29(37)23-5-9-25(10-6-23)34-27(35)14-26(28(34)36)33(18-19-3-7-24(32)8-4-19)30(38)31-15-20-11-21(16-31)13-22(12-20)17-31/h3-10,20-22,26H,2,11-18H2,1H3. The maximum absolute atomic E-state index is 14.5. The second kappa shape index (κ2) is 9.88. The highest BCUT2D eigenvalue weighted by Crippen LogP contribution is 2.60. The minimum Gasteiger partial charge on any atom is -0.462 e. The Hall–Kier alpha value is -3.55. The number of rotatable bonds is 7. The summed E-state index contributed by atoms with van der Waals surface area (Å²) in [7, 11) is 0. The summed E-state index contributed by atoms with van der Waals surface area (Å²) in [5.41, 5.74) is 0.898. The monoisotopic (exact) mass is 532 g/mol. The predicted molar refractivity (Wildman–Crippen MR) is 141 cm³/mol. The topological polar surface area (TPSA) is 84.0 Å². The molecule has 1 saturated heterocycles. The zero-order chi connectivity index (χ0) is 27.3. The van der Waals surface area contributed by atoms with Gasteiger partial charge in [0.15, 0.2) is 0 Å². The van der Waals surface area contributed by atoms with Gasteiger partial charge in [0.2, 0.25) is 11.8 Å². The van der Waals surface area contributed by atoms with E-state index in [2.05, 4.69) is 0 Å². The molecule has 7 rings (SSSR count). The fourth-order valence-corrected chi connectivity index (χ4v) is 7.88. The van der Waals surface area contributed by atoms with Crippen molar-refractivity contribution < 1.29 is 28.3 Å². The number of esters is 1. The van der Waals surface area contributed by atoms with Crippen molar-refractivity contribution in [2.45, 2.75) is 64.5 Å². The van der Waals surface area contributed by atoms with Crippen LogP contribution in [-0.4, -0.2) is 41.2 Å². The maximum atomic E-state index is 14.5. The van der Waals surface area contributed by atoms with Gasteiger partial charge in [0, 0.05) is 6.54 Å². The van der Waals surface area contributed by atoms with Crippen LogP contribution in [0.15, 0.2) is 48.5 Å². The molecule has 1 heterocycles. The van der Waals surface area contributed by atoms with Crippen LogP contribution >= 0.6 is 0 Å². The first-order valence-electron chi connectivity index (χ1n) is 14.0. The Morgan fingerprint density at radius 1 is 0.949 bits per heavy atom. The Kier molecular flexibility index (Phi) is 6.52. The molecule has 0 aromatic heterocycles. The zero-order valence-corrected chi connectivity index (χ0v) is 22.1. The van der Waals surface area contributed by atoms with E-state index in [1.54, 1.807) is 36.1 Å². The van der Waals surface area contributed by atoms with E-state index in [0.29, 0.717) is 34.6 Å². The van der Waals surface area contributed by atoms with Crippen molar-refractivity contribution >= 4 is 29.4 Å². The normalized spacial score (nSPS) is 29.1. The van der Waals surface area contributed by atoms with Crippen molar-refractivity contribution in [1.82, 2.24) is 4.90 Å². The summed E-state index contributed by atoms with van der Waals surface area (Å²) < 4.78 is 18.7. The van der Waals surface area contributed by atoms with Crippen LogP contribution in [0.3, 0.4) is 0 Å². The summed E-state index contributed by atoms with van der Waals surface area (Å²) in [6, 6.07) is 11.2. The lowest BCUT2D eigenvalue weighted by Gasteiger charge is -2.57. The molecular weight excluding hydrogens is 499 g/mol. The molecule has 1 unspecified atom stereocenters. The third kappa shape index (κ3) is 4.64. The molecule has 4 aliphatic carbocycles. The van der Waals surface area contributed by atoms with Crippen molar-refractivity contribution in [1.29, 1.82) is 0 Å². The molecular formula is C31H33FN2O5.